The molecule has 0 aromatic heterocycles. The van der Waals surface area contributed by atoms with Crippen LogP contribution >= 0.6 is 0 Å². The van der Waals surface area contributed by atoms with Gasteiger partial charge < -0.3 is 42.2 Å². The summed E-state index contributed by atoms with van der Waals surface area (Å²) >= 11 is 0. The van der Waals surface area contributed by atoms with Gasteiger partial charge >= 0.3 is 6.18 Å². The maximum atomic E-state index is 14.1. The van der Waals surface area contributed by atoms with E-state index in [4.69, 9.17) is 20.9 Å². The minimum absolute atomic E-state index is 0.00982. The molecule has 0 saturated carbocycles. The number of ether oxygens (including phenoxy) is 2. The van der Waals surface area contributed by atoms with Crippen LogP contribution in [-0.2, 0) is 44.9 Å². The Morgan fingerprint density at radius 1 is 0.627 bits per heavy atom. The molecular weight excluding hydrogens is 766 g/mol. The van der Waals surface area contributed by atoms with E-state index >= 15 is 0 Å². The number of rotatable bonds is 23. The van der Waals surface area contributed by atoms with Gasteiger partial charge in [-0.2, -0.15) is 13.2 Å². The number of nitrogens with one attached hydrogen (secondary N) is 4. The summed E-state index contributed by atoms with van der Waals surface area (Å²) in [4.78, 5) is 54.8. The van der Waals surface area contributed by atoms with E-state index in [9.17, 15) is 32.3 Å². The highest BCUT2D eigenvalue weighted by Crippen LogP contribution is 2.29. The number of nitrogens with two attached hydrogens (primary N) is 2. The molecule has 0 fully saturated rings. The number of hydrogen-bond acceptors (Lipinski definition) is 8. The molecule has 0 spiro atoms. The Bertz CT molecular complexity index is 1910. The van der Waals surface area contributed by atoms with Gasteiger partial charge in [-0.05, 0) is 110 Å². The number of benzene rings is 4. The predicted molar refractivity (Wildman–Crippen MR) is 218 cm³/mol. The lowest BCUT2D eigenvalue weighted by molar-refractivity contribution is -0.137. The zero-order chi connectivity index (χ0) is 42.6. The van der Waals surface area contributed by atoms with E-state index in [0.29, 0.717) is 67.8 Å². The minimum Gasteiger partial charge on any atom is -0.497 e. The summed E-state index contributed by atoms with van der Waals surface area (Å²) in [5.41, 5.74) is 13.2. The molecule has 4 aromatic carbocycles. The lowest BCUT2D eigenvalue weighted by Crippen LogP contribution is -2.55. The van der Waals surface area contributed by atoms with Gasteiger partial charge in [0.2, 0.25) is 23.6 Å². The van der Waals surface area contributed by atoms with Gasteiger partial charge in [-0.25, -0.2) is 0 Å². The van der Waals surface area contributed by atoms with Gasteiger partial charge in [-0.15, -0.1) is 0 Å². The number of alkyl halides is 3. The van der Waals surface area contributed by atoms with Crippen molar-refractivity contribution in [1.29, 1.82) is 0 Å². The quantitative estimate of drug-likeness (QED) is 0.0549. The number of amides is 4. The third-order valence-electron chi connectivity index (χ3n) is 9.46. The van der Waals surface area contributed by atoms with E-state index in [1.807, 2.05) is 30.3 Å². The molecule has 59 heavy (non-hydrogen) atoms. The highest BCUT2D eigenvalue weighted by atomic mass is 19.4. The van der Waals surface area contributed by atoms with Crippen LogP contribution in [0.2, 0.25) is 0 Å². The summed E-state index contributed by atoms with van der Waals surface area (Å²) in [5, 5.41) is 11.3. The van der Waals surface area contributed by atoms with E-state index in [1.54, 1.807) is 55.6 Å². The summed E-state index contributed by atoms with van der Waals surface area (Å²) in [7, 11) is 1.55. The van der Waals surface area contributed by atoms with Crippen LogP contribution in [0.5, 0.6) is 11.5 Å². The molecule has 316 valence electrons. The summed E-state index contributed by atoms with van der Waals surface area (Å²) < 4.78 is 50.0. The lowest BCUT2D eigenvalue weighted by atomic mass is 10.0. The van der Waals surface area contributed by atoms with Crippen molar-refractivity contribution in [1.82, 2.24) is 21.3 Å². The van der Waals surface area contributed by atoms with Gasteiger partial charge in [0.15, 0.2) is 0 Å². The second-order valence-corrected chi connectivity index (χ2v) is 14.0. The number of unbranched alkanes of at least 4 members (excludes halogenated alkanes) is 2. The molecule has 0 radical (unpaired) electrons. The molecule has 4 amide bonds. The number of hydrogen-bond donors (Lipinski definition) is 6. The van der Waals surface area contributed by atoms with Crippen LogP contribution in [0.15, 0.2) is 103 Å². The van der Waals surface area contributed by atoms with Crippen molar-refractivity contribution in [2.24, 2.45) is 11.5 Å². The third-order valence-corrected chi connectivity index (χ3v) is 9.46. The van der Waals surface area contributed by atoms with Gasteiger partial charge in [0.05, 0.1) is 19.1 Å². The zero-order valence-electron chi connectivity index (χ0n) is 33.1. The normalized spacial score (nSPS) is 12.7. The van der Waals surface area contributed by atoms with E-state index < -0.39 is 47.6 Å². The van der Waals surface area contributed by atoms with Gasteiger partial charge in [0, 0.05) is 6.54 Å². The van der Waals surface area contributed by atoms with Crippen molar-refractivity contribution in [3.05, 3.63) is 131 Å². The van der Waals surface area contributed by atoms with Crippen LogP contribution in [-0.4, -0.2) is 55.9 Å². The van der Waals surface area contributed by atoms with Crippen LogP contribution in [0.4, 0.5) is 13.2 Å². The van der Waals surface area contributed by atoms with Crippen molar-refractivity contribution in [2.75, 3.05) is 20.2 Å². The Morgan fingerprint density at radius 3 is 1.76 bits per heavy atom. The minimum atomic E-state index is -4.45. The fourth-order valence-corrected chi connectivity index (χ4v) is 6.11. The van der Waals surface area contributed by atoms with Crippen molar-refractivity contribution in [2.45, 2.75) is 82.4 Å². The lowest BCUT2D eigenvalue weighted by Gasteiger charge is -2.26. The molecule has 8 N–H and O–H groups in total. The Morgan fingerprint density at radius 2 is 1.19 bits per heavy atom. The summed E-state index contributed by atoms with van der Waals surface area (Å²) in [6, 6.07) is 23.9. The first-order chi connectivity index (χ1) is 28.4. The Kier molecular flexibility index (Phi) is 18.2. The van der Waals surface area contributed by atoms with Gasteiger partial charge in [-0.1, -0.05) is 66.7 Å². The largest absolute Gasteiger partial charge is 0.497 e. The second-order valence-electron chi connectivity index (χ2n) is 14.0. The maximum Gasteiger partial charge on any atom is 0.416 e. The van der Waals surface area contributed by atoms with Crippen molar-refractivity contribution in [3.63, 3.8) is 0 Å². The van der Waals surface area contributed by atoms with Gasteiger partial charge in [-0.3, -0.25) is 19.2 Å². The predicted octanol–water partition coefficient (Wildman–Crippen LogP) is 5.24. The first-order valence-electron chi connectivity index (χ1n) is 19.5. The fourth-order valence-electron chi connectivity index (χ4n) is 6.11. The smallest absolute Gasteiger partial charge is 0.416 e. The molecule has 15 heteroatoms. The van der Waals surface area contributed by atoms with Crippen LogP contribution in [0, 0.1) is 0 Å². The molecule has 0 bridgehead atoms. The number of methoxy groups -OCH3 is 1. The highest BCUT2D eigenvalue weighted by Gasteiger charge is 2.31. The number of halogens is 3. The van der Waals surface area contributed by atoms with E-state index in [-0.39, 0.29) is 31.9 Å². The number of carbonyl (C=O) groups is 4. The number of carbonyl (C=O) groups excluding carboxylic acids is 4. The first-order valence-corrected chi connectivity index (χ1v) is 19.5. The van der Waals surface area contributed by atoms with Crippen LogP contribution in [0.25, 0.3) is 0 Å². The SMILES string of the molecule is COc1ccc(CNC(=O)[C@@H](NC(=O)[C@H](CCCCN)NC(=O)[C@H](CCCCN)NC(=O)Cc2ccccc2)c2ccc(OCc3ccc(C(F)(F)F)cc3)cc2)cc1. The van der Waals surface area contributed by atoms with E-state index in [0.717, 1.165) is 23.3 Å². The monoisotopic (exact) mass is 818 g/mol. The molecule has 4 aromatic rings. The Balaban J connectivity index is 1.52. The average molecular weight is 819 g/mol. The molecule has 4 rings (SSSR count). The maximum absolute atomic E-state index is 14.1. The van der Waals surface area contributed by atoms with Gasteiger partial charge in [0.25, 0.3) is 0 Å². The van der Waals surface area contributed by atoms with Crippen LogP contribution < -0.4 is 42.2 Å². The van der Waals surface area contributed by atoms with E-state index in [2.05, 4.69) is 21.3 Å². The van der Waals surface area contributed by atoms with Crippen molar-refractivity contribution < 1.29 is 41.8 Å². The Labute approximate surface area is 342 Å². The summed E-state index contributed by atoms with van der Waals surface area (Å²) in [5.74, 6) is -1.04. The molecule has 0 aliphatic heterocycles. The zero-order valence-corrected chi connectivity index (χ0v) is 33.1. The molecule has 0 saturated heterocycles. The van der Waals surface area contributed by atoms with Crippen molar-refractivity contribution in [3.8, 4) is 11.5 Å². The molecule has 0 aliphatic carbocycles. The average Bonchev–Trinajstić information content (AvgIpc) is 3.23. The molecule has 0 unspecified atom stereocenters. The summed E-state index contributed by atoms with van der Waals surface area (Å²) in [6.07, 6.45) is -1.63. The summed E-state index contributed by atoms with van der Waals surface area (Å²) in [6.45, 7) is 0.894. The first kappa shape index (κ1) is 45.8. The van der Waals surface area contributed by atoms with E-state index in [1.165, 1.54) is 12.1 Å². The van der Waals surface area contributed by atoms with Crippen LogP contribution in [0.3, 0.4) is 0 Å². The molecule has 0 heterocycles. The Hall–Kier alpha value is -5.93. The van der Waals surface area contributed by atoms with Gasteiger partial charge in [0.1, 0.15) is 36.2 Å². The molecule has 3 atom stereocenters. The molecule has 0 aliphatic rings. The third kappa shape index (κ3) is 15.4. The second kappa shape index (κ2) is 23.5. The molecule has 12 nitrogen and oxygen atoms in total. The molecular formula is C44H53F3N6O6. The van der Waals surface area contributed by atoms with Crippen molar-refractivity contribution >= 4 is 23.6 Å². The standard InChI is InChI=1S/C44H53F3N6O6/c1-58-35-21-15-31(16-22-35)28-50-43(57)40(33-17-23-36(24-18-33)59-29-32-13-19-34(20-14-32)44(45,46)47)53-42(56)38(12-6-8-26-49)52-41(55)37(11-5-7-25-48)51-39(54)27-30-9-3-2-4-10-30/h2-4,9-10,13-24,37-38,40H,5-8,11-12,25-29,48-49H2,1H3,(H,50,57)(H,51,54)(H,52,55)(H,53,56)/t37-,38-,40-/m0/s1. The highest BCUT2D eigenvalue weighted by molar-refractivity contribution is 5.94. The topological polar surface area (TPSA) is 187 Å². The van der Waals surface area contributed by atoms with Crippen LogP contribution in [0.1, 0.15) is 72.4 Å². The fraction of sp³-hybridized carbons (Fsp3) is 0.364.